The van der Waals surface area contributed by atoms with Crippen molar-refractivity contribution < 1.29 is 4.79 Å². The van der Waals surface area contributed by atoms with Crippen LogP contribution in [0.25, 0.3) is 0 Å². The maximum absolute atomic E-state index is 11.3. The predicted molar refractivity (Wildman–Crippen MR) is 48.9 cm³/mol. The molecule has 1 aliphatic rings. The molecule has 1 N–H and O–H groups in total. The molecule has 0 bridgehead atoms. The molecular weight excluding hydrogens is 152 g/mol. The Kier molecular flexibility index (Phi) is 3.53. The van der Waals surface area contributed by atoms with Gasteiger partial charge in [-0.3, -0.25) is 4.79 Å². The summed E-state index contributed by atoms with van der Waals surface area (Å²) in [4.78, 5) is 13.6. The predicted octanol–water partition coefficient (Wildman–Crippen LogP) is 0.464. The molecule has 1 rings (SSSR count). The summed E-state index contributed by atoms with van der Waals surface area (Å²) in [6.07, 6.45) is 2.21. The number of amides is 1. The van der Waals surface area contributed by atoms with Gasteiger partial charge in [0.2, 0.25) is 5.91 Å². The number of hydrogen-bond acceptors (Lipinski definition) is 2. The molecule has 1 saturated heterocycles. The summed E-state index contributed by atoms with van der Waals surface area (Å²) < 4.78 is 0. The fourth-order valence-electron chi connectivity index (χ4n) is 1.76. The number of piperidine rings is 1. The Bertz CT molecular complexity index is 159. The van der Waals surface area contributed by atoms with Crippen LogP contribution in [0, 0.1) is 5.92 Å². The molecule has 0 saturated carbocycles. The quantitative estimate of drug-likeness (QED) is 0.653. The van der Waals surface area contributed by atoms with E-state index in [0.29, 0.717) is 0 Å². The molecule has 3 heteroatoms. The van der Waals surface area contributed by atoms with Gasteiger partial charge < -0.3 is 10.2 Å². The number of likely N-dealkylation sites (tertiary alicyclic amines) is 1. The van der Waals surface area contributed by atoms with Crippen LogP contribution in [0.5, 0.6) is 0 Å². The molecule has 1 atom stereocenters. The molecule has 0 aromatic carbocycles. The molecule has 0 aromatic heterocycles. The Balaban J connectivity index is 2.40. The van der Waals surface area contributed by atoms with Gasteiger partial charge in [0, 0.05) is 13.6 Å². The van der Waals surface area contributed by atoms with Gasteiger partial charge in [-0.1, -0.05) is 6.92 Å². The van der Waals surface area contributed by atoms with Crippen molar-refractivity contribution in [3.05, 3.63) is 0 Å². The van der Waals surface area contributed by atoms with Crippen LogP contribution in [0.1, 0.15) is 19.8 Å². The summed E-state index contributed by atoms with van der Waals surface area (Å²) >= 11 is 0. The van der Waals surface area contributed by atoms with Crippen LogP contribution in [-0.2, 0) is 4.79 Å². The maximum Gasteiger partial charge on any atom is 0.224 e. The molecule has 1 unspecified atom stereocenters. The minimum absolute atomic E-state index is 0.202. The zero-order valence-corrected chi connectivity index (χ0v) is 7.97. The largest absolute Gasteiger partial charge is 0.359 e. The highest BCUT2D eigenvalue weighted by atomic mass is 16.1. The van der Waals surface area contributed by atoms with Gasteiger partial charge in [-0.15, -0.1) is 0 Å². The van der Waals surface area contributed by atoms with E-state index >= 15 is 0 Å². The fraction of sp³-hybridized carbons (Fsp3) is 0.889. The minimum atomic E-state index is 0.202. The van der Waals surface area contributed by atoms with E-state index in [4.69, 9.17) is 0 Å². The first-order valence-electron chi connectivity index (χ1n) is 4.72. The van der Waals surface area contributed by atoms with Gasteiger partial charge in [-0.2, -0.15) is 0 Å². The SMILES string of the molecule is CCN1CCCC(C(=O)NC)C1. The third-order valence-electron chi connectivity index (χ3n) is 2.57. The van der Waals surface area contributed by atoms with Crippen molar-refractivity contribution in [2.75, 3.05) is 26.7 Å². The number of carbonyl (C=O) groups is 1. The number of rotatable bonds is 2. The van der Waals surface area contributed by atoms with Crippen molar-refractivity contribution in [3.8, 4) is 0 Å². The molecule has 0 radical (unpaired) electrons. The topological polar surface area (TPSA) is 32.3 Å². The lowest BCUT2D eigenvalue weighted by molar-refractivity contribution is -0.126. The van der Waals surface area contributed by atoms with Gasteiger partial charge in [0.1, 0.15) is 0 Å². The zero-order chi connectivity index (χ0) is 8.97. The summed E-state index contributed by atoms with van der Waals surface area (Å²) in [5.74, 6) is 0.428. The van der Waals surface area contributed by atoms with Crippen LogP contribution < -0.4 is 5.32 Å². The average Bonchev–Trinajstić information content (AvgIpc) is 2.17. The first kappa shape index (κ1) is 9.52. The monoisotopic (exact) mass is 170 g/mol. The maximum atomic E-state index is 11.3. The van der Waals surface area contributed by atoms with Gasteiger partial charge in [0.15, 0.2) is 0 Å². The first-order valence-corrected chi connectivity index (χ1v) is 4.72. The average molecular weight is 170 g/mol. The van der Waals surface area contributed by atoms with E-state index in [0.717, 1.165) is 32.5 Å². The second-order valence-electron chi connectivity index (χ2n) is 3.35. The summed E-state index contributed by atoms with van der Waals surface area (Å²) in [5, 5.41) is 2.71. The number of carbonyl (C=O) groups excluding carboxylic acids is 1. The van der Waals surface area contributed by atoms with Crippen LogP contribution in [0.3, 0.4) is 0 Å². The van der Waals surface area contributed by atoms with E-state index in [1.807, 2.05) is 0 Å². The fourth-order valence-corrected chi connectivity index (χ4v) is 1.76. The van der Waals surface area contributed by atoms with Crippen molar-refractivity contribution in [2.45, 2.75) is 19.8 Å². The highest BCUT2D eigenvalue weighted by molar-refractivity contribution is 5.78. The van der Waals surface area contributed by atoms with E-state index in [2.05, 4.69) is 17.1 Å². The molecule has 12 heavy (non-hydrogen) atoms. The van der Waals surface area contributed by atoms with Gasteiger partial charge in [0.05, 0.1) is 5.92 Å². The molecule has 1 amide bonds. The molecule has 1 fully saturated rings. The van der Waals surface area contributed by atoms with E-state index in [-0.39, 0.29) is 11.8 Å². The van der Waals surface area contributed by atoms with E-state index in [9.17, 15) is 4.79 Å². The van der Waals surface area contributed by atoms with Crippen molar-refractivity contribution in [2.24, 2.45) is 5.92 Å². The molecule has 0 aliphatic carbocycles. The molecule has 1 heterocycles. The number of hydrogen-bond donors (Lipinski definition) is 1. The molecule has 1 aliphatic heterocycles. The standard InChI is InChI=1S/C9H18N2O/c1-3-11-6-4-5-8(7-11)9(12)10-2/h8H,3-7H2,1-2H3,(H,10,12). The molecule has 70 valence electrons. The van der Waals surface area contributed by atoms with Crippen molar-refractivity contribution >= 4 is 5.91 Å². The van der Waals surface area contributed by atoms with Crippen molar-refractivity contribution in [1.29, 1.82) is 0 Å². The second-order valence-corrected chi connectivity index (χ2v) is 3.35. The lowest BCUT2D eigenvalue weighted by Gasteiger charge is -2.30. The zero-order valence-electron chi connectivity index (χ0n) is 7.97. The summed E-state index contributed by atoms with van der Waals surface area (Å²) in [7, 11) is 1.72. The van der Waals surface area contributed by atoms with Gasteiger partial charge in [-0.05, 0) is 25.9 Å². The van der Waals surface area contributed by atoms with Crippen LogP contribution in [0.15, 0.2) is 0 Å². The van der Waals surface area contributed by atoms with Crippen LogP contribution in [-0.4, -0.2) is 37.5 Å². The first-order chi connectivity index (χ1) is 5.77. The Morgan fingerprint density at radius 2 is 2.42 bits per heavy atom. The third-order valence-corrected chi connectivity index (χ3v) is 2.57. The van der Waals surface area contributed by atoms with Crippen LogP contribution in [0.2, 0.25) is 0 Å². The summed E-state index contributed by atoms with van der Waals surface area (Å²) in [6, 6.07) is 0. The highest BCUT2D eigenvalue weighted by Gasteiger charge is 2.23. The lowest BCUT2D eigenvalue weighted by Crippen LogP contribution is -2.41. The smallest absolute Gasteiger partial charge is 0.224 e. The van der Waals surface area contributed by atoms with E-state index in [1.54, 1.807) is 7.05 Å². The van der Waals surface area contributed by atoms with Crippen LogP contribution in [0.4, 0.5) is 0 Å². The van der Waals surface area contributed by atoms with E-state index in [1.165, 1.54) is 0 Å². The molecule has 0 spiro atoms. The van der Waals surface area contributed by atoms with Crippen molar-refractivity contribution in [3.63, 3.8) is 0 Å². The number of nitrogens with zero attached hydrogens (tertiary/aromatic N) is 1. The lowest BCUT2D eigenvalue weighted by atomic mass is 9.97. The van der Waals surface area contributed by atoms with Crippen molar-refractivity contribution in [1.82, 2.24) is 10.2 Å². The molecular formula is C9H18N2O. The molecule has 0 aromatic rings. The van der Waals surface area contributed by atoms with Crippen LogP contribution >= 0.6 is 0 Å². The van der Waals surface area contributed by atoms with Gasteiger partial charge >= 0.3 is 0 Å². The Morgan fingerprint density at radius 1 is 1.67 bits per heavy atom. The van der Waals surface area contributed by atoms with E-state index < -0.39 is 0 Å². The Labute approximate surface area is 74.1 Å². The summed E-state index contributed by atoms with van der Waals surface area (Å²) in [5.41, 5.74) is 0. The van der Waals surface area contributed by atoms with Gasteiger partial charge in [-0.25, -0.2) is 0 Å². The number of nitrogens with one attached hydrogen (secondary N) is 1. The minimum Gasteiger partial charge on any atom is -0.359 e. The normalized spacial score (nSPS) is 25.3. The van der Waals surface area contributed by atoms with Gasteiger partial charge in [0.25, 0.3) is 0 Å². The second kappa shape index (κ2) is 4.45. The highest BCUT2D eigenvalue weighted by Crippen LogP contribution is 2.15. The Morgan fingerprint density at radius 3 is 3.00 bits per heavy atom. The molecule has 3 nitrogen and oxygen atoms in total. The third kappa shape index (κ3) is 2.21. The summed E-state index contributed by atoms with van der Waals surface area (Å²) in [6.45, 7) is 5.31. The Hall–Kier alpha value is -0.570.